The van der Waals surface area contributed by atoms with Crippen molar-refractivity contribution in [3.8, 4) is 0 Å². The SMILES string of the molecule is Cc1ccc(N2C[C@H]3CN(C(=O)c4ccco4)[C@H](c4ccccc4)[C@H]3C2)nn1. The number of anilines is 1. The van der Waals surface area contributed by atoms with Crippen LogP contribution in [0.5, 0.6) is 0 Å². The van der Waals surface area contributed by atoms with Crippen molar-refractivity contribution in [2.24, 2.45) is 11.8 Å². The summed E-state index contributed by atoms with van der Waals surface area (Å²) in [6.07, 6.45) is 1.56. The van der Waals surface area contributed by atoms with Gasteiger partial charge in [-0.05, 0) is 36.8 Å². The van der Waals surface area contributed by atoms with Gasteiger partial charge >= 0.3 is 0 Å². The molecule has 2 aliphatic heterocycles. The molecule has 28 heavy (non-hydrogen) atoms. The second-order valence-corrected chi connectivity index (χ2v) is 7.65. The summed E-state index contributed by atoms with van der Waals surface area (Å²) in [6.45, 7) is 4.41. The standard InChI is InChI=1S/C22H22N4O2/c1-15-9-10-20(24-23-15)25-12-17-13-26(22(27)19-8-5-11-28-19)21(18(17)14-25)16-6-3-2-4-7-16/h2-11,17-18,21H,12-14H2,1H3/t17-,18-,21+/m0/s1. The lowest BCUT2D eigenvalue weighted by Crippen LogP contribution is -2.35. The molecular weight excluding hydrogens is 352 g/mol. The summed E-state index contributed by atoms with van der Waals surface area (Å²) in [5, 5.41) is 8.56. The average Bonchev–Trinajstić information content (AvgIpc) is 3.44. The highest BCUT2D eigenvalue weighted by molar-refractivity contribution is 5.92. The van der Waals surface area contributed by atoms with Gasteiger partial charge in [0.2, 0.25) is 0 Å². The normalized spacial score (nSPS) is 23.8. The van der Waals surface area contributed by atoms with Gasteiger partial charge in [-0.15, -0.1) is 5.10 Å². The summed E-state index contributed by atoms with van der Waals surface area (Å²) >= 11 is 0. The Hall–Kier alpha value is -3.15. The van der Waals surface area contributed by atoms with Gasteiger partial charge in [-0.25, -0.2) is 0 Å². The van der Waals surface area contributed by atoms with Crippen LogP contribution < -0.4 is 4.90 Å². The van der Waals surface area contributed by atoms with E-state index in [2.05, 4.69) is 27.2 Å². The lowest BCUT2D eigenvalue weighted by atomic mass is 9.89. The Morgan fingerprint density at radius 3 is 2.57 bits per heavy atom. The predicted molar refractivity (Wildman–Crippen MR) is 105 cm³/mol. The number of amides is 1. The van der Waals surface area contributed by atoms with E-state index >= 15 is 0 Å². The molecule has 2 aromatic heterocycles. The first-order chi connectivity index (χ1) is 13.7. The maximum atomic E-state index is 13.1. The highest BCUT2D eigenvalue weighted by Gasteiger charge is 2.49. The van der Waals surface area contributed by atoms with E-state index in [9.17, 15) is 4.79 Å². The van der Waals surface area contributed by atoms with Crippen molar-refractivity contribution in [3.05, 3.63) is 77.9 Å². The van der Waals surface area contributed by atoms with Crippen LogP contribution in [-0.4, -0.2) is 40.6 Å². The third kappa shape index (κ3) is 2.85. The molecule has 5 rings (SSSR count). The van der Waals surface area contributed by atoms with Gasteiger partial charge in [-0.3, -0.25) is 4.79 Å². The Morgan fingerprint density at radius 1 is 1.00 bits per heavy atom. The van der Waals surface area contributed by atoms with E-state index in [4.69, 9.17) is 4.42 Å². The van der Waals surface area contributed by atoms with Gasteiger partial charge in [0.05, 0.1) is 18.0 Å². The van der Waals surface area contributed by atoms with E-state index < -0.39 is 0 Å². The van der Waals surface area contributed by atoms with E-state index in [1.165, 1.54) is 5.56 Å². The molecule has 4 heterocycles. The first kappa shape index (κ1) is 17.0. The van der Waals surface area contributed by atoms with E-state index in [-0.39, 0.29) is 11.9 Å². The topological polar surface area (TPSA) is 62.5 Å². The Bertz CT molecular complexity index is 956. The van der Waals surface area contributed by atoms with Gasteiger partial charge in [-0.2, -0.15) is 5.10 Å². The minimum atomic E-state index is -0.0325. The van der Waals surface area contributed by atoms with Crippen LogP contribution in [0.4, 0.5) is 5.82 Å². The molecule has 0 radical (unpaired) electrons. The van der Waals surface area contributed by atoms with Crippen LogP contribution in [0.3, 0.4) is 0 Å². The second-order valence-electron chi connectivity index (χ2n) is 7.65. The first-order valence-electron chi connectivity index (χ1n) is 9.65. The van der Waals surface area contributed by atoms with Gasteiger partial charge < -0.3 is 14.2 Å². The van der Waals surface area contributed by atoms with Crippen LogP contribution in [0.25, 0.3) is 0 Å². The molecule has 6 nitrogen and oxygen atoms in total. The zero-order valence-corrected chi connectivity index (χ0v) is 15.7. The van der Waals surface area contributed by atoms with Gasteiger partial charge in [0.1, 0.15) is 0 Å². The molecule has 0 saturated carbocycles. The average molecular weight is 374 g/mol. The molecule has 0 unspecified atom stereocenters. The fraction of sp³-hybridized carbons (Fsp3) is 0.318. The number of fused-ring (bicyclic) bond motifs is 1. The highest BCUT2D eigenvalue weighted by Crippen LogP contribution is 2.46. The third-order valence-corrected chi connectivity index (χ3v) is 5.91. The molecule has 1 amide bonds. The number of rotatable bonds is 3. The number of furan rings is 1. The number of hydrogen-bond acceptors (Lipinski definition) is 5. The van der Waals surface area contributed by atoms with Crippen LogP contribution in [0.15, 0.2) is 65.3 Å². The first-order valence-corrected chi connectivity index (χ1v) is 9.65. The van der Waals surface area contributed by atoms with Gasteiger partial charge in [0.15, 0.2) is 11.6 Å². The van der Waals surface area contributed by atoms with Crippen LogP contribution in [0.2, 0.25) is 0 Å². The van der Waals surface area contributed by atoms with Crippen molar-refractivity contribution in [1.29, 1.82) is 0 Å². The molecule has 0 N–H and O–H groups in total. The monoisotopic (exact) mass is 374 g/mol. The summed E-state index contributed by atoms with van der Waals surface area (Å²) in [5.41, 5.74) is 2.09. The predicted octanol–water partition coefficient (Wildman–Crippen LogP) is 3.33. The van der Waals surface area contributed by atoms with Crippen LogP contribution in [0.1, 0.15) is 27.9 Å². The summed E-state index contributed by atoms with van der Waals surface area (Å²) in [6, 6.07) is 17.9. The third-order valence-electron chi connectivity index (χ3n) is 5.91. The van der Waals surface area contributed by atoms with E-state index in [0.29, 0.717) is 17.6 Å². The number of hydrogen-bond donors (Lipinski definition) is 0. The lowest BCUT2D eigenvalue weighted by Gasteiger charge is -2.29. The maximum Gasteiger partial charge on any atom is 0.290 e. The smallest absolute Gasteiger partial charge is 0.290 e. The summed E-state index contributed by atoms with van der Waals surface area (Å²) in [5.74, 6) is 2.03. The van der Waals surface area contributed by atoms with Crippen molar-refractivity contribution < 1.29 is 9.21 Å². The molecular formula is C22H22N4O2. The molecule has 2 aliphatic rings. The molecule has 0 bridgehead atoms. The number of carbonyl (C=O) groups is 1. The lowest BCUT2D eigenvalue weighted by molar-refractivity contribution is 0.0683. The minimum Gasteiger partial charge on any atom is -0.459 e. The number of carbonyl (C=O) groups excluding carboxylic acids is 1. The van der Waals surface area contributed by atoms with Crippen molar-refractivity contribution in [3.63, 3.8) is 0 Å². The highest BCUT2D eigenvalue weighted by atomic mass is 16.3. The molecule has 142 valence electrons. The summed E-state index contributed by atoms with van der Waals surface area (Å²) in [7, 11) is 0. The number of benzene rings is 1. The summed E-state index contributed by atoms with van der Waals surface area (Å²) in [4.78, 5) is 17.4. The fourth-order valence-electron chi connectivity index (χ4n) is 4.62. The van der Waals surface area contributed by atoms with E-state index in [1.54, 1.807) is 18.4 Å². The number of aromatic nitrogens is 2. The largest absolute Gasteiger partial charge is 0.459 e. The maximum absolute atomic E-state index is 13.1. The van der Waals surface area contributed by atoms with Crippen LogP contribution in [-0.2, 0) is 0 Å². The van der Waals surface area contributed by atoms with Gasteiger partial charge in [0, 0.05) is 31.5 Å². The Kier molecular flexibility index (Phi) is 4.11. The van der Waals surface area contributed by atoms with Gasteiger partial charge in [0.25, 0.3) is 5.91 Å². The van der Waals surface area contributed by atoms with Crippen molar-refractivity contribution in [2.45, 2.75) is 13.0 Å². The molecule has 3 aromatic rings. The minimum absolute atomic E-state index is 0.0325. The summed E-state index contributed by atoms with van der Waals surface area (Å²) < 4.78 is 5.40. The molecule has 2 saturated heterocycles. The Balaban J connectivity index is 1.45. The molecule has 2 fully saturated rings. The zero-order chi connectivity index (χ0) is 19.1. The number of likely N-dealkylation sites (tertiary alicyclic amines) is 1. The van der Waals surface area contributed by atoms with Crippen molar-refractivity contribution in [1.82, 2.24) is 15.1 Å². The van der Waals surface area contributed by atoms with Crippen molar-refractivity contribution in [2.75, 3.05) is 24.5 Å². The van der Waals surface area contributed by atoms with Crippen molar-refractivity contribution >= 4 is 11.7 Å². The molecule has 0 spiro atoms. The van der Waals surface area contributed by atoms with E-state index in [1.807, 2.05) is 42.2 Å². The van der Waals surface area contributed by atoms with Gasteiger partial charge in [-0.1, -0.05) is 30.3 Å². The molecule has 3 atom stereocenters. The van der Waals surface area contributed by atoms with E-state index in [0.717, 1.165) is 31.1 Å². The van der Waals surface area contributed by atoms with Crippen LogP contribution >= 0.6 is 0 Å². The quantitative estimate of drug-likeness (QED) is 0.704. The fourth-order valence-corrected chi connectivity index (χ4v) is 4.62. The number of aryl methyl sites for hydroxylation is 1. The second kappa shape index (κ2) is 6.78. The molecule has 0 aliphatic carbocycles. The number of nitrogens with zero attached hydrogens (tertiary/aromatic N) is 4. The Morgan fingerprint density at radius 2 is 1.86 bits per heavy atom. The Labute approximate surface area is 163 Å². The zero-order valence-electron chi connectivity index (χ0n) is 15.7. The molecule has 6 heteroatoms. The van der Waals surface area contributed by atoms with Crippen LogP contribution in [0, 0.1) is 18.8 Å². The molecule has 1 aromatic carbocycles.